The Bertz CT molecular complexity index is 846. The summed E-state index contributed by atoms with van der Waals surface area (Å²) in [5, 5.41) is 0. The Labute approximate surface area is 149 Å². The molecule has 1 aliphatic rings. The van der Waals surface area contributed by atoms with Gasteiger partial charge in [-0.25, -0.2) is 8.42 Å². The van der Waals surface area contributed by atoms with Crippen LogP contribution in [0.15, 0.2) is 47.4 Å². The second-order valence-electron chi connectivity index (χ2n) is 6.19. The van der Waals surface area contributed by atoms with Crippen molar-refractivity contribution < 1.29 is 17.9 Å². The largest absolute Gasteiger partial charge is 0.497 e. The minimum absolute atomic E-state index is 0.253. The van der Waals surface area contributed by atoms with E-state index in [1.54, 1.807) is 30.7 Å². The predicted octanol–water partition coefficient (Wildman–Crippen LogP) is 3.54. The van der Waals surface area contributed by atoms with Crippen LogP contribution in [0.4, 0.5) is 0 Å². The fraction of sp³-hybridized carbons (Fsp3) is 0.368. The van der Waals surface area contributed by atoms with Gasteiger partial charge in [-0.15, -0.1) is 0 Å². The van der Waals surface area contributed by atoms with Gasteiger partial charge >= 0.3 is 0 Å². The summed E-state index contributed by atoms with van der Waals surface area (Å²) >= 11 is 0. The van der Waals surface area contributed by atoms with Crippen LogP contribution in [0, 0.1) is 6.92 Å². The highest BCUT2D eigenvalue weighted by Gasteiger charge is 2.37. The number of benzene rings is 2. The Kier molecular flexibility index (Phi) is 5.01. The van der Waals surface area contributed by atoms with E-state index in [1.807, 2.05) is 37.3 Å². The number of nitrogens with zero attached hydrogens (tertiary/aromatic N) is 1. The molecule has 0 aliphatic carbocycles. The van der Waals surface area contributed by atoms with Crippen LogP contribution in [0.2, 0.25) is 0 Å². The molecule has 0 N–H and O–H groups in total. The average Bonchev–Trinajstić information content (AvgIpc) is 3.12. The van der Waals surface area contributed by atoms with Crippen LogP contribution >= 0.6 is 0 Å². The van der Waals surface area contributed by atoms with E-state index in [0.717, 1.165) is 24.0 Å². The van der Waals surface area contributed by atoms with Gasteiger partial charge in [0, 0.05) is 12.1 Å². The normalized spacial score (nSPS) is 18.3. The Balaban J connectivity index is 2.02. The zero-order chi connectivity index (χ0) is 18.0. The number of methoxy groups -OCH3 is 2. The molecule has 6 heteroatoms. The maximum Gasteiger partial charge on any atom is 0.243 e. The lowest BCUT2D eigenvalue weighted by molar-refractivity contribution is 0.361. The molecule has 1 atom stereocenters. The topological polar surface area (TPSA) is 55.8 Å². The van der Waals surface area contributed by atoms with E-state index in [9.17, 15) is 8.42 Å². The van der Waals surface area contributed by atoms with Gasteiger partial charge < -0.3 is 9.47 Å². The number of hydrogen-bond acceptors (Lipinski definition) is 4. The van der Waals surface area contributed by atoms with Gasteiger partial charge in [-0.1, -0.05) is 17.7 Å². The molecule has 3 rings (SSSR count). The summed E-state index contributed by atoms with van der Waals surface area (Å²) in [7, 11) is -0.366. The van der Waals surface area contributed by atoms with Gasteiger partial charge in [0.2, 0.25) is 10.0 Å². The standard InChI is InChI=1S/C19H23NO4S/c1-14-6-9-16(10-7-14)25(21,22)20-12-4-5-18(20)17-13-15(23-2)8-11-19(17)24-3/h6-11,13,18H,4-5,12H2,1-3H3. The van der Waals surface area contributed by atoms with E-state index in [0.29, 0.717) is 22.9 Å². The summed E-state index contributed by atoms with van der Waals surface area (Å²) in [5.41, 5.74) is 1.88. The number of sulfonamides is 1. The molecule has 2 aromatic rings. The van der Waals surface area contributed by atoms with Crippen molar-refractivity contribution in [2.45, 2.75) is 30.7 Å². The van der Waals surface area contributed by atoms with Crippen LogP contribution in [-0.4, -0.2) is 33.5 Å². The first-order chi connectivity index (χ1) is 12.0. The van der Waals surface area contributed by atoms with Crippen molar-refractivity contribution in [2.24, 2.45) is 0 Å². The molecule has 0 aromatic heterocycles. The van der Waals surface area contributed by atoms with E-state index in [1.165, 1.54) is 0 Å². The summed E-state index contributed by atoms with van der Waals surface area (Å²) in [4.78, 5) is 0.326. The Morgan fingerprint density at radius 2 is 1.76 bits per heavy atom. The van der Waals surface area contributed by atoms with Crippen LogP contribution in [0.3, 0.4) is 0 Å². The number of aryl methyl sites for hydroxylation is 1. The molecule has 1 heterocycles. The van der Waals surface area contributed by atoms with Gasteiger partial charge in [0.1, 0.15) is 11.5 Å². The molecule has 0 spiro atoms. The zero-order valence-electron chi connectivity index (χ0n) is 14.7. The van der Waals surface area contributed by atoms with Crippen LogP contribution in [-0.2, 0) is 10.0 Å². The zero-order valence-corrected chi connectivity index (χ0v) is 15.5. The average molecular weight is 361 g/mol. The first-order valence-corrected chi connectivity index (χ1v) is 9.72. The summed E-state index contributed by atoms with van der Waals surface area (Å²) in [6.45, 7) is 2.44. The second kappa shape index (κ2) is 7.06. The van der Waals surface area contributed by atoms with E-state index < -0.39 is 10.0 Å². The molecular weight excluding hydrogens is 338 g/mol. The SMILES string of the molecule is COc1ccc(OC)c(C2CCCN2S(=O)(=O)c2ccc(C)cc2)c1. The number of rotatable bonds is 5. The summed E-state index contributed by atoms with van der Waals surface area (Å²) in [6.07, 6.45) is 1.57. The van der Waals surface area contributed by atoms with Gasteiger partial charge in [0.25, 0.3) is 0 Å². The van der Waals surface area contributed by atoms with Crippen molar-refractivity contribution in [3.63, 3.8) is 0 Å². The Morgan fingerprint density at radius 1 is 1.04 bits per heavy atom. The first kappa shape index (κ1) is 17.8. The van der Waals surface area contributed by atoms with Crippen molar-refractivity contribution >= 4 is 10.0 Å². The van der Waals surface area contributed by atoms with E-state index in [4.69, 9.17) is 9.47 Å². The molecule has 1 aliphatic heterocycles. The van der Waals surface area contributed by atoms with E-state index in [2.05, 4.69) is 0 Å². The van der Waals surface area contributed by atoms with Crippen molar-refractivity contribution in [1.29, 1.82) is 0 Å². The summed E-state index contributed by atoms with van der Waals surface area (Å²) in [6, 6.07) is 12.2. The lowest BCUT2D eigenvalue weighted by Crippen LogP contribution is -2.30. The van der Waals surface area contributed by atoms with E-state index >= 15 is 0 Å². The summed E-state index contributed by atoms with van der Waals surface area (Å²) in [5.74, 6) is 1.37. The summed E-state index contributed by atoms with van der Waals surface area (Å²) < 4.78 is 38.6. The minimum Gasteiger partial charge on any atom is -0.497 e. The number of ether oxygens (including phenoxy) is 2. The molecule has 0 radical (unpaired) electrons. The highest BCUT2D eigenvalue weighted by molar-refractivity contribution is 7.89. The van der Waals surface area contributed by atoms with Crippen molar-refractivity contribution in [3.8, 4) is 11.5 Å². The second-order valence-corrected chi connectivity index (χ2v) is 8.09. The third-order valence-corrected chi connectivity index (χ3v) is 6.55. The maximum atomic E-state index is 13.1. The molecule has 0 amide bonds. The molecule has 1 fully saturated rings. The quantitative estimate of drug-likeness (QED) is 0.817. The monoisotopic (exact) mass is 361 g/mol. The predicted molar refractivity (Wildman–Crippen MR) is 96.6 cm³/mol. The molecular formula is C19H23NO4S. The van der Waals surface area contributed by atoms with Gasteiger partial charge in [-0.3, -0.25) is 0 Å². The molecule has 1 saturated heterocycles. The van der Waals surface area contributed by atoms with Crippen LogP contribution in [0.5, 0.6) is 11.5 Å². The van der Waals surface area contributed by atoms with Crippen molar-refractivity contribution in [3.05, 3.63) is 53.6 Å². The Hall–Kier alpha value is -2.05. The van der Waals surface area contributed by atoms with Gasteiger partial charge in [0.15, 0.2) is 0 Å². The minimum atomic E-state index is -3.56. The molecule has 0 saturated carbocycles. The molecule has 0 bridgehead atoms. The smallest absolute Gasteiger partial charge is 0.243 e. The maximum absolute atomic E-state index is 13.1. The lowest BCUT2D eigenvalue weighted by atomic mass is 10.0. The van der Waals surface area contributed by atoms with E-state index in [-0.39, 0.29) is 6.04 Å². The highest BCUT2D eigenvalue weighted by Crippen LogP contribution is 2.41. The van der Waals surface area contributed by atoms with Gasteiger partial charge in [-0.2, -0.15) is 4.31 Å². The van der Waals surface area contributed by atoms with Crippen LogP contribution in [0.25, 0.3) is 0 Å². The van der Waals surface area contributed by atoms with Crippen molar-refractivity contribution in [2.75, 3.05) is 20.8 Å². The van der Waals surface area contributed by atoms with Crippen LogP contribution < -0.4 is 9.47 Å². The number of hydrogen-bond donors (Lipinski definition) is 0. The van der Waals surface area contributed by atoms with Crippen molar-refractivity contribution in [1.82, 2.24) is 4.31 Å². The third-order valence-electron chi connectivity index (χ3n) is 4.63. The highest BCUT2D eigenvalue weighted by atomic mass is 32.2. The van der Waals surface area contributed by atoms with Crippen LogP contribution in [0.1, 0.15) is 30.0 Å². The molecule has 25 heavy (non-hydrogen) atoms. The lowest BCUT2D eigenvalue weighted by Gasteiger charge is -2.26. The van der Waals surface area contributed by atoms with Gasteiger partial charge in [0.05, 0.1) is 25.2 Å². The van der Waals surface area contributed by atoms with Gasteiger partial charge in [-0.05, 0) is 50.1 Å². The fourth-order valence-corrected chi connectivity index (χ4v) is 4.96. The molecule has 134 valence electrons. The first-order valence-electron chi connectivity index (χ1n) is 8.28. The Morgan fingerprint density at radius 3 is 2.40 bits per heavy atom. The molecule has 1 unspecified atom stereocenters. The molecule has 5 nitrogen and oxygen atoms in total. The third kappa shape index (κ3) is 3.37. The fourth-order valence-electron chi connectivity index (χ4n) is 3.28. The molecule has 2 aromatic carbocycles.